The smallest absolute Gasteiger partial charge is 0.317 e. The summed E-state index contributed by atoms with van der Waals surface area (Å²) in [6, 6.07) is 3.94. The Morgan fingerprint density at radius 3 is 2.52 bits per heavy atom. The van der Waals surface area contributed by atoms with Gasteiger partial charge >= 0.3 is 6.03 Å². The third-order valence-corrected chi connectivity index (χ3v) is 4.69. The number of nitrogens with zero attached hydrogens (tertiary/aromatic N) is 2. The fourth-order valence-electron chi connectivity index (χ4n) is 2.50. The number of urea groups is 1. The van der Waals surface area contributed by atoms with E-state index in [2.05, 4.69) is 26.1 Å². The van der Waals surface area contributed by atoms with E-state index >= 15 is 0 Å². The van der Waals surface area contributed by atoms with Gasteiger partial charge in [0, 0.05) is 37.6 Å². The standard InChI is InChI=1S/C17H27N3O2S/c1-17(2,3)13-18-16(22)20-8-5-7-19(9-10-20)15(21)12-14-6-4-11-23-14/h4,6,11H,5,7-10,12-13H2,1-3H3,(H,18,22). The van der Waals surface area contributed by atoms with Crippen molar-refractivity contribution < 1.29 is 9.59 Å². The summed E-state index contributed by atoms with van der Waals surface area (Å²) in [6.45, 7) is 9.61. The average Bonchev–Trinajstić information content (AvgIpc) is 2.85. The fraction of sp³-hybridized carbons (Fsp3) is 0.647. The van der Waals surface area contributed by atoms with Crippen molar-refractivity contribution in [2.45, 2.75) is 33.6 Å². The second-order valence-electron chi connectivity index (χ2n) is 7.20. The number of carbonyl (C=O) groups excluding carboxylic acids is 2. The minimum atomic E-state index is -0.0209. The molecule has 3 amide bonds. The van der Waals surface area contributed by atoms with Crippen molar-refractivity contribution in [3.8, 4) is 0 Å². The molecule has 0 atom stereocenters. The highest BCUT2D eigenvalue weighted by atomic mass is 32.1. The highest BCUT2D eigenvalue weighted by Gasteiger charge is 2.23. The normalized spacial score (nSPS) is 16.1. The predicted molar refractivity (Wildman–Crippen MR) is 93.6 cm³/mol. The molecule has 2 rings (SSSR count). The van der Waals surface area contributed by atoms with Crippen LogP contribution in [-0.2, 0) is 11.2 Å². The van der Waals surface area contributed by atoms with E-state index in [0.717, 1.165) is 17.8 Å². The van der Waals surface area contributed by atoms with E-state index in [1.807, 2.05) is 27.3 Å². The minimum absolute atomic E-state index is 0.0209. The van der Waals surface area contributed by atoms with E-state index in [0.29, 0.717) is 32.6 Å². The van der Waals surface area contributed by atoms with E-state index in [1.54, 1.807) is 11.3 Å². The quantitative estimate of drug-likeness (QED) is 0.922. The van der Waals surface area contributed by atoms with Crippen LogP contribution in [0, 0.1) is 5.41 Å². The third kappa shape index (κ3) is 5.86. The average molecular weight is 337 g/mol. The van der Waals surface area contributed by atoms with Crippen LogP contribution < -0.4 is 5.32 Å². The molecule has 1 fully saturated rings. The molecule has 0 radical (unpaired) electrons. The van der Waals surface area contributed by atoms with Gasteiger partial charge in [0.25, 0.3) is 0 Å². The monoisotopic (exact) mass is 337 g/mol. The molecule has 0 spiro atoms. The summed E-state index contributed by atoms with van der Waals surface area (Å²) < 4.78 is 0. The van der Waals surface area contributed by atoms with Gasteiger partial charge < -0.3 is 15.1 Å². The number of nitrogens with one attached hydrogen (secondary N) is 1. The van der Waals surface area contributed by atoms with Crippen molar-refractivity contribution in [1.29, 1.82) is 0 Å². The lowest BCUT2D eigenvalue weighted by atomic mass is 9.97. The van der Waals surface area contributed by atoms with Gasteiger partial charge in [-0.05, 0) is 23.3 Å². The van der Waals surface area contributed by atoms with Crippen LogP contribution in [0.3, 0.4) is 0 Å². The second-order valence-corrected chi connectivity index (χ2v) is 8.23. The minimum Gasteiger partial charge on any atom is -0.341 e. The molecule has 128 valence electrons. The maximum Gasteiger partial charge on any atom is 0.317 e. The first kappa shape index (κ1) is 17.8. The SMILES string of the molecule is CC(C)(C)CNC(=O)N1CCCN(C(=O)Cc2cccs2)CC1. The molecule has 0 unspecified atom stereocenters. The van der Waals surface area contributed by atoms with E-state index in [4.69, 9.17) is 0 Å². The lowest BCUT2D eigenvalue weighted by Gasteiger charge is -2.25. The zero-order valence-corrected chi connectivity index (χ0v) is 15.1. The van der Waals surface area contributed by atoms with E-state index < -0.39 is 0 Å². The Balaban J connectivity index is 1.82. The topological polar surface area (TPSA) is 52.7 Å². The first-order chi connectivity index (χ1) is 10.8. The Labute approximate surface area is 142 Å². The number of hydrogen-bond donors (Lipinski definition) is 1. The third-order valence-electron chi connectivity index (χ3n) is 3.81. The van der Waals surface area contributed by atoms with E-state index in [9.17, 15) is 9.59 Å². The Morgan fingerprint density at radius 2 is 1.87 bits per heavy atom. The molecule has 1 aliphatic rings. The van der Waals surface area contributed by atoms with Crippen LogP contribution in [0.25, 0.3) is 0 Å². The molecular formula is C17H27N3O2S. The van der Waals surface area contributed by atoms with Crippen LogP contribution in [-0.4, -0.2) is 54.5 Å². The van der Waals surface area contributed by atoms with E-state index in [-0.39, 0.29) is 17.4 Å². The molecule has 5 nitrogen and oxygen atoms in total. The number of thiophene rings is 1. The summed E-state index contributed by atoms with van der Waals surface area (Å²) >= 11 is 1.61. The first-order valence-corrected chi connectivity index (χ1v) is 9.06. The van der Waals surface area contributed by atoms with Crippen LogP contribution in [0.2, 0.25) is 0 Å². The van der Waals surface area contributed by atoms with Crippen LogP contribution in [0.4, 0.5) is 4.79 Å². The van der Waals surface area contributed by atoms with Gasteiger partial charge in [0.15, 0.2) is 0 Å². The summed E-state index contributed by atoms with van der Waals surface area (Å²) in [5.74, 6) is 0.157. The molecular weight excluding hydrogens is 310 g/mol. The Morgan fingerprint density at radius 1 is 1.17 bits per heavy atom. The molecule has 1 aliphatic heterocycles. The zero-order valence-electron chi connectivity index (χ0n) is 14.3. The Hall–Kier alpha value is -1.56. The number of amides is 3. The highest BCUT2D eigenvalue weighted by Crippen LogP contribution is 2.13. The molecule has 0 saturated carbocycles. The van der Waals surface area contributed by atoms with Crippen LogP contribution in [0.15, 0.2) is 17.5 Å². The summed E-state index contributed by atoms with van der Waals surface area (Å²) in [5.41, 5.74) is 0.0736. The molecule has 6 heteroatoms. The molecule has 0 aromatic carbocycles. The number of carbonyl (C=O) groups is 2. The summed E-state index contributed by atoms with van der Waals surface area (Å²) in [7, 11) is 0. The maximum atomic E-state index is 12.4. The van der Waals surface area contributed by atoms with Crippen molar-refractivity contribution in [2.75, 3.05) is 32.7 Å². The summed E-state index contributed by atoms with van der Waals surface area (Å²) in [4.78, 5) is 29.4. The van der Waals surface area contributed by atoms with Crippen LogP contribution >= 0.6 is 11.3 Å². The van der Waals surface area contributed by atoms with E-state index in [1.165, 1.54) is 0 Å². The molecule has 2 heterocycles. The lowest BCUT2D eigenvalue weighted by molar-refractivity contribution is -0.130. The second kappa shape index (κ2) is 7.81. The van der Waals surface area contributed by atoms with Gasteiger partial charge in [0.2, 0.25) is 5.91 Å². The molecule has 23 heavy (non-hydrogen) atoms. The molecule has 1 aromatic heterocycles. The summed E-state index contributed by atoms with van der Waals surface area (Å²) in [5, 5.41) is 4.98. The Kier molecular flexibility index (Phi) is 6.04. The maximum absolute atomic E-state index is 12.4. The predicted octanol–water partition coefficient (Wildman–Crippen LogP) is 2.58. The fourth-order valence-corrected chi connectivity index (χ4v) is 3.19. The van der Waals surface area contributed by atoms with Crippen LogP contribution in [0.5, 0.6) is 0 Å². The van der Waals surface area contributed by atoms with Gasteiger partial charge in [-0.15, -0.1) is 11.3 Å². The van der Waals surface area contributed by atoms with Gasteiger partial charge in [-0.3, -0.25) is 4.79 Å². The van der Waals surface area contributed by atoms with Gasteiger partial charge in [0.05, 0.1) is 6.42 Å². The number of hydrogen-bond acceptors (Lipinski definition) is 3. The zero-order chi connectivity index (χ0) is 16.9. The van der Waals surface area contributed by atoms with Crippen molar-refractivity contribution in [3.63, 3.8) is 0 Å². The van der Waals surface area contributed by atoms with Gasteiger partial charge in [0.1, 0.15) is 0 Å². The van der Waals surface area contributed by atoms with Crippen molar-refractivity contribution in [2.24, 2.45) is 5.41 Å². The molecule has 1 N–H and O–H groups in total. The van der Waals surface area contributed by atoms with Gasteiger partial charge in [-0.1, -0.05) is 26.8 Å². The van der Waals surface area contributed by atoms with Gasteiger partial charge in [-0.25, -0.2) is 4.79 Å². The molecule has 1 saturated heterocycles. The lowest BCUT2D eigenvalue weighted by Crippen LogP contribution is -2.45. The van der Waals surface area contributed by atoms with Crippen molar-refractivity contribution in [1.82, 2.24) is 15.1 Å². The van der Waals surface area contributed by atoms with Gasteiger partial charge in [-0.2, -0.15) is 0 Å². The highest BCUT2D eigenvalue weighted by molar-refractivity contribution is 7.10. The molecule has 0 bridgehead atoms. The molecule has 1 aromatic rings. The van der Waals surface area contributed by atoms with Crippen molar-refractivity contribution in [3.05, 3.63) is 22.4 Å². The number of rotatable bonds is 3. The summed E-state index contributed by atoms with van der Waals surface area (Å²) in [6.07, 6.45) is 1.30. The molecule has 0 aliphatic carbocycles. The largest absolute Gasteiger partial charge is 0.341 e. The first-order valence-electron chi connectivity index (χ1n) is 8.18. The van der Waals surface area contributed by atoms with Crippen LogP contribution in [0.1, 0.15) is 32.1 Å². The van der Waals surface area contributed by atoms with Crippen molar-refractivity contribution >= 4 is 23.3 Å². The Bertz CT molecular complexity index is 522.